The topological polar surface area (TPSA) is 49.4 Å². The average Bonchev–Trinajstić information content (AvgIpc) is 3.19. The molecule has 0 bridgehead atoms. The van der Waals surface area contributed by atoms with Crippen LogP contribution < -0.4 is 0 Å². The molecule has 5 fully saturated rings. The van der Waals surface area contributed by atoms with Gasteiger partial charge in [-0.1, -0.05) is 0 Å². The highest BCUT2D eigenvalue weighted by atomic mass is 16.7. The van der Waals surface area contributed by atoms with E-state index in [9.17, 15) is 0 Å². The van der Waals surface area contributed by atoms with Gasteiger partial charge in [0.25, 0.3) is 0 Å². The van der Waals surface area contributed by atoms with Gasteiger partial charge in [0.15, 0.2) is 0 Å². The molecule has 11 unspecified atom stereocenters. The maximum Gasteiger partial charge on any atom is 0.147 e. The van der Waals surface area contributed by atoms with Crippen LogP contribution in [0.5, 0.6) is 0 Å². The summed E-state index contributed by atoms with van der Waals surface area (Å²) in [6.45, 7) is 4.52. The van der Waals surface area contributed by atoms with Gasteiger partial charge < -0.3 is 28.6 Å². The maximum absolute atomic E-state index is 6.39. The van der Waals surface area contributed by atoms with Crippen LogP contribution in [0, 0.1) is 29.6 Å². The molecule has 2 aliphatic heterocycles. The number of rotatable bonds is 4. The fraction of sp³-hybridized carbons (Fsp3) is 1.00. The zero-order valence-corrected chi connectivity index (χ0v) is 18.5. The highest BCUT2D eigenvalue weighted by molar-refractivity contribution is 5.09. The van der Waals surface area contributed by atoms with Crippen LogP contribution in [0.25, 0.3) is 0 Å². The molecule has 29 heavy (non-hydrogen) atoms. The van der Waals surface area contributed by atoms with Gasteiger partial charge in [0.2, 0.25) is 0 Å². The van der Waals surface area contributed by atoms with Crippen LogP contribution in [0.3, 0.4) is 0 Å². The van der Waals surface area contributed by atoms with E-state index in [4.69, 9.17) is 23.7 Å². The third-order valence-corrected chi connectivity index (χ3v) is 9.03. The molecule has 6 nitrogen and oxygen atoms in total. The normalized spacial score (nSPS) is 52.3. The first-order chi connectivity index (χ1) is 14.2. The van der Waals surface area contributed by atoms with Crippen LogP contribution in [0.1, 0.15) is 39.0 Å². The summed E-state index contributed by atoms with van der Waals surface area (Å²) in [6, 6.07) is 0.625. The van der Waals surface area contributed by atoms with Gasteiger partial charge in [-0.2, -0.15) is 0 Å². The lowest BCUT2D eigenvalue weighted by Gasteiger charge is -2.61. The Morgan fingerprint density at radius 3 is 2.24 bits per heavy atom. The largest absolute Gasteiger partial charge is 0.379 e. The SMILES string of the molecule is CCOC1CC2C3CCC(OC)C(OC)C3CN(C)C2C2CC3OCOC3CC12. The molecule has 0 amide bonds. The van der Waals surface area contributed by atoms with Gasteiger partial charge in [0.05, 0.1) is 30.5 Å². The van der Waals surface area contributed by atoms with E-state index in [1.165, 1.54) is 12.8 Å². The summed E-state index contributed by atoms with van der Waals surface area (Å²) in [5.74, 6) is 3.15. The molecule has 0 spiro atoms. The number of ether oxygens (including phenoxy) is 5. The minimum Gasteiger partial charge on any atom is -0.379 e. The fourth-order valence-corrected chi connectivity index (χ4v) is 8.02. The number of likely N-dealkylation sites (tertiary alicyclic amines) is 1. The summed E-state index contributed by atoms with van der Waals surface area (Å²) in [5, 5.41) is 0. The second-order valence-corrected chi connectivity index (χ2v) is 10.0. The van der Waals surface area contributed by atoms with Crippen molar-refractivity contribution < 1.29 is 23.7 Å². The van der Waals surface area contributed by atoms with Crippen molar-refractivity contribution in [3.63, 3.8) is 0 Å². The van der Waals surface area contributed by atoms with Gasteiger partial charge in [-0.05, 0) is 69.7 Å². The number of piperidine rings is 1. The van der Waals surface area contributed by atoms with Crippen molar-refractivity contribution >= 4 is 0 Å². The lowest BCUT2D eigenvalue weighted by atomic mass is 9.54. The highest BCUT2D eigenvalue weighted by Crippen LogP contribution is 2.55. The van der Waals surface area contributed by atoms with Gasteiger partial charge >= 0.3 is 0 Å². The summed E-state index contributed by atoms with van der Waals surface area (Å²) in [4.78, 5) is 2.66. The summed E-state index contributed by atoms with van der Waals surface area (Å²) >= 11 is 0. The molecule has 2 heterocycles. The van der Waals surface area contributed by atoms with Crippen LogP contribution in [-0.4, -0.2) is 82.7 Å². The van der Waals surface area contributed by atoms with Gasteiger partial charge in [-0.3, -0.25) is 0 Å². The molecule has 11 atom stereocenters. The quantitative estimate of drug-likeness (QED) is 0.711. The van der Waals surface area contributed by atoms with Gasteiger partial charge in [0.1, 0.15) is 6.79 Å². The van der Waals surface area contributed by atoms with Crippen LogP contribution in [0.4, 0.5) is 0 Å². The third kappa shape index (κ3) is 3.39. The molecule has 0 aromatic heterocycles. The Morgan fingerprint density at radius 2 is 1.55 bits per heavy atom. The summed E-state index contributed by atoms with van der Waals surface area (Å²) in [5.41, 5.74) is 0. The Hall–Kier alpha value is -0.240. The van der Waals surface area contributed by atoms with E-state index in [0.717, 1.165) is 32.4 Å². The van der Waals surface area contributed by atoms with Crippen LogP contribution in [-0.2, 0) is 23.7 Å². The Morgan fingerprint density at radius 1 is 0.828 bits per heavy atom. The Labute approximate surface area is 175 Å². The minimum atomic E-state index is 0.202. The molecular weight excluding hydrogens is 370 g/mol. The minimum absolute atomic E-state index is 0.202. The molecule has 5 aliphatic rings. The van der Waals surface area contributed by atoms with Crippen LogP contribution in [0.2, 0.25) is 0 Å². The van der Waals surface area contributed by atoms with Crippen molar-refractivity contribution in [3.05, 3.63) is 0 Å². The molecule has 3 aliphatic carbocycles. The lowest BCUT2D eigenvalue weighted by molar-refractivity contribution is -0.188. The molecule has 0 aromatic carbocycles. The van der Waals surface area contributed by atoms with E-state index < -0.39 is 0 Å². The maximum atomic E-state index is 6.39. The standard InChI is InChI=1S/C23H39NO5/c1-5-27-19-9-15-13-6-7-18(25-3)23(26-4)17(13)11-24(2)22(15)16-10-21-20(8-14(16)19)28-12-29-21/h13-23H,5-12H2,1-4H3. The van der Waals surface area contributed by atoms with Crippen molar-refractivity contribution in [3.8, 4) is 0 Å². The Bertz CT molecular complexity index is 575. The van der Waals surface area contributed by atoms with Crippen molar-refractivity contribution in [1.82, 2.24) is 4.90 Å². The second-order valence-electron chi connectivity index (χ2n) is 10.0. The van der Waals surface area contributed by atoms with E-state index in [1.54, 1.807) is 0 Å². The average molecular weight is 410 g/mol. The fourth-order valence-electron chi connectivity index (χ4n) is 8.02. The Kier molecular flexibility index (Phi) is 5.95. The van der Waals surface area contributed by atoms with Crippen molar-refractivity contribution in [2.45, 2.75) is 75.6 Å². The number of methoxy groups -OCH3 is 2. The number of nitrogens with zero attached hydrogens (tertiary/aromatic N) is 1. The monoisotopic (exact) mass is 409 g/mol. The first-order valence-electron chi connectivity index (χ1n) is 11.8. The third-order valence-electron chi connectivity index (χ3n) is 9.03. The molecule has 2 saturated heterocycles. The van der Waals surface area contributed by atoms with E-state index >= 15 is 0 Å². The smallest absolute Gasteiger partial charge is 0.147 e. The summed E-state index contributed by atoms with van der Waals surface area (Å²) in [7, 11) is 6.04. The molecule has 6 heteroatoms. The zero-order chi connectivity index (χ0) is 20.1. The number of fused-ring (bicyclic) bond motifs is 6. The number of hydrogen-bond acceptors (Lipinski definition) is 6. The number of hydrogen-bond donors (Lipinski definition) is 0. The summed E-state index contributed by atoms with van der Waals surface area (Å²) < 4.78 is 30.1. The second kappa shape index (κ2) is 8.36. The van der Waals surface area contributed by atoms with Gasteiger partial charge in [-0.25, -0.2) is 0 Å². The first-order valence-corrected chi connectivity index (χ1v) is 11.8. The van der Waals surface area contributed by atoms with Crippen molar-refractivity contribution in [2.75, 3.05) is 41.2 Å². The van der Waals surface area contributed by atoms with Crippen LogP contribution in [0.15, 0.2) is 0 Å². The van der Waals surface area contributed by atoms with Crippen LogP contribution >= 0.6 is 0 Å². The predicted molar refractivity (Wildman–Crippen MR) is 109 cm³/mol. The van der Waals surface area contributed by atoms with Gasteiger partial charge in [0, 0.05) is 39.3 Å². The molecule has 3 saturated carbocycles. The molecule has 166 valence electrons. The zero-order valence-electron chi connectivity index (χ0n) is 18.5. The van der Waals surface area contributed by atoms with Crippen molar-refractivity contribution in [2.24, 2.45) is 29.6 Å². The molecule has 0 N–H and O–H groups in total. The molecule has 0 radical (unpaired) electrons. The first kappa shape index (κ1) is 20.7. The summed E-state index contributed by atoms with van der Waals surface area (Å²) in [6.07, 6.45) is 7.08. The molecule has 5 rings (SSSR count). The van der Waals surface area contributed by atoms with E-state index in [1.807, 2.05) is 14.2 Å². The van der Waals surface area contributed by atoms with Crippen molar-refractivity contribution in [1.29, 1.82) is 0 Å². The molecular formula is C23H39NO5. The highest BCUT2D eigenvalue weighted by Gasteiger charge is 2.58. The van der Waals surface area contributed by atoms with E-state index in [0.29, 0.717) is 48.5 Å². The molecule has 0 aromatic rings. The van der Waals surface area contributed by atoms with Gasteiger partial charge in [-0.15, -0.1) is 0 Å². The lowest BCUT2D eigenvalue weighted by Crippen LogP contribution is -2.66. The Balaban J connectivity index is 1.43. The van der Waals surface area contributed by atoms with E-state index in [2.05, 4.69) is 18.9 Å². The predicted octanol–water partition coefficient (Wildman–Crippen LogP) is 2.55. The van der Waals surface area contributed by atoms with E-state index in [-0.39, 0.29) is 24.4 Å².